The molecule has 0 aliphatic carbocycles. The number of aliphatic carboxylic acids is 1. The van der Waals surface area contributed by atoms with Gasteiger partial charge in [-0.3, -0.25) is 4.79 Å². The molecule has 20 heavy (non-hydrogen) atoms. The minimum atomic E-state index is -0.782. The molecular formula is C16H18O3S. The highest BCUT2D eigenvalue weighted by atomic mass is 32.1. The maximum absolute atomic E-state index is 11.4. The number of hydrogen-bond donors (Lipinski definition) is 1. The van der Waals surface area contributed by atoms with Crippen LogP contribution in [0.5, 0.6) is 5.75 Å². The van der Waals surface area contributed by atoms with Crippen LogP contribution < -0.4 is 4.74 Å². The van der Waals surface area contributed by atoms with E-state index in [2.05, 4.69) is 0 Å². The summed E-state index contributed by atoms with van der Waals surface area (Å²) in [6.07, 6.45) is 0.636. The summed E-state index contributed by atoms with van der Waals surface area (Å²) in [6.45, 7) is 3.95. The fourth-order valence-corrected chi connectivity index (χ4v) is 2.83. The lowest BCUT2D eigenvalue weighted by Gasteiger charge is -2.12. The van der Waals surface area contributed by atoms with E-state index in [9.17, 15) is 9.90 Å². The lowest BCUT2D eigenvalue weighted by atomic mass is 9.98. The molecule has 0 fully saturated rings. The van der Waals surface area contributed by atoms with Crippen molar-refractivity contribution in [2.24, 2.45) is 0 Å². The van der Waals surface area contributed by atoms with Crippen molar-refractivity contribution < 1.29 is 14.6 Å². The smallest absolute Gasteiger partial charge is 0.312 e. The molecule has 0 bridgehead atoms. The van der Waals surface area contributed by atoms with E-state index < -0.39 is 11.9 Å². The zero-order valence-electron chi connectivity index (χ0n) is 11.6. The van der Waals surface area contributed by atoms with Gasteiger partial charge in [0, 0.05) is 4.88 Å². The molecule has 1 N–H and O–H groups in total. The molecule has 0 aliphatic rings. The number of carbonyl (C=O) groups is 1. The second-order valence-corrected chi connectivity index (χ2v) is 5.90. The average molecular weight is 290 g/mol. The first-order valence-corrected chi connectivity index (χ1v) is 7.46. The first-order valence-electron chi connectivity index (χ1n) is 6.58. The highest BCUT2D eigenvalue weighted by Crippen LogP contribution is 2.26. The largest absolute Gasteiger partial charge is 0.491 e. The van der Waals surface area contributed by atoms with Gasteiger partial charge in [-0.2, -0.15) is 0 Å². The number of hydrogen-bond acceptors (Lipinski definition) is 3. The average Bonchev–Trinajstić information content (AvgIpc) is 2.90. The number of ether oxygens (including phenoxy) is 1. The van der Waals surface area contributed by atoms with Crippen LogP contribution in [0, 0.1) is 0 Å². The third kappa shape index (κ3) is 3.84. The summed E-state index contributed by atoms with van der Waals surface area (Å²) in [5.74, 6) is -0.450. The quantitative estimate of drug-likeness (QED) is 0.876. The molecule has 0 saturated heterocycles. The summed E-state index contributed by atoms with van der Waals surface area (Å²) in [7, 11) is 0. The van der Waals surface area contributed by atoms with Gasteiger partial charge in [-0.25, -0.2) is 0 Å². The highest BCUT2D eigenvalue weighted by Gasteiger charge is 2.21. The molecule has 106 valence electrons. The molecule has 1 aromatic carbocycles. The molecule has 1 atom stereocenters. The van der Waals surface area contributed by atoms with Crippen LogP contribution in [-0.2, 0) is 11.2 Å². The van der Waals surface area contributed by atoms with E-state index >= 15 is 0 Å². The third-order valence-corrected chi connectivity index (χ3v) is 3.91. The van der Waals surface area contributed by atoms with Gasteiger partial charge in [0.05, 0.1) is 12.0 Å². The van der Waals surface area contributed by atoms with Gasteiger partial charge in [0.2, 0.25) is 0 Å². The van der Waals surface area contributed by atoms with Gasteiger partial charge in [0.15, 0.2) is 0 Å². The molecule has 1 heterocycles. The fourth-order valence-electron chi connectivity index (χ4n) is 2.01. The predicted molar refractivity (Wildman–Crippen MR) is 80.6 cm³/mol. The van der Waals surface area contributed by atoms with Crippen molar-refractivity contribution >= 4 is 17.3 Å². The van der Waals surface area contributed by atoms with E-state index in [4.69, 9.17) is 4.74 Å². The zero-order valence-corrected chi connectivity index (χ0v) is 12.4. The summed E-state index contributed by atoms with van der Waals surface area (Å²) in [5.41, 5.74) is 1.00. The number of rotatable bonds is 6. The third-order valence-electron chi connectivity index (χ3n) is 2.92. The molecule has 0 spiro atoms. The summed E-state index contributed by atoms with van der Waals surface area (Å²) in [4.78, 5) is 12.3. The Morgan fingerprint density at radius 2 is 1.95 bits per heavy atom. The molecule has 1 unspecified atom stereocenters. The Balaban J connectivity index is 2.09. The Kier molecular flexibility index (Phi) is 4.79. The summed E-state index contributed by atoms with van der Waals surface area (Å²) in [6, 6.07) is 11.4. The van der Waals surface area contributed by atoms with Gasteiger partial charge in [0.25, 0.3) is 0 Å². The highest BCUT2D eigenvalue weighted by molar-refractivity contribution is 7.10. The van der Waals surface area contributed by atoms with Crippen LogP contribution in [0.25, 0.3) is 0 Å². The summed E-state index contributed by atoms with van der Waals surface area (Å²) < 4.78 is 5.58. The van der Waals surface area contributed by atoms with Gasteiger partial charge >= 0.3 is 5.97 Å². The van der Waals surface area contributed by atoms with Crippen LogP contribution >= 0.6 is 11.3 Å². The monoisotopic (exact) mass is 290 g/mol. The standard InChI is InChI=1S/C16H18O3S/c1-11(2)19-13-7-5-12(6-8-13)10-14(16(17)18)15-4-3-9-20-15/h3-9,11,14H,10H2,1-2H3,(H,17,18). The van der Waals surface area contributed by atoms with E-state index in [1.807, 2.05) is 55.6 Å². The van der Waals surface area contributed by atoms with Crippen molar-refractivity contribution in [3.63, 3.8) is 0 Å². The van der Waals surface area contributed by atoms with E-state index in [0.717, 1.165) is 16.2 Å². The minimum absolute atomic E-state index is 0.138. The Morgan fingerprint density at radius 3 is 2.45 bits per heavy atom. The fraction of sp³-hybridized carbons (Fsp3) is 0.312. The van der Waals surface area contributed by atoms with Crippen LogP contribution in [0.4, 0.5) is 0 Å². The van der Waals surface area contributed by atoms with Crippen molar-refractivity contribution in [1.29, 1.82) is 0 Å². The molecule has 0 saturated carbocycles. The molecular weight excluding hydrogens is 272 g/mol. The topological polar surface area (TPSA) is 46.5 Å². The molecule has 0 amide bonds. The summed E-state index contributed by atoms with van der Waals surface area (Å²) >= 11 is 1.48. The number of carboxylic acids is 1. The lowest BCUT2D eigenvalue weighted by molar-refractivity contribution is -0.138. The Morgan fingerprint density at radius 1 is 1.25 bits per heavy atom. The molecule has 1 aromatic heterocycles. The SMILES string of the molecule is CC(C)Oc1ccc(CC(C(=O)O)c2cccs2)cc1. The zero-order chi connectivity index (χ0) is 14.5. The minimum Gasteiger partial charge on any atom is -0.491 e. The molecule has 2 rings (SSSR count). The van der Waals surface area contributed by atoms with Crippen LogP contribution in [0.3, 0.4) is 0 Å². The second kappa shape index (κ2) is 6.57. The Labute approximate surface area is 122 Å². The van der Waals surface area contributed by atoms with Gasteiger partial charge in [0.1, 0.15) is 5.75 Å². The van der Waals surface area contributed by atoms with Crippen LogP contribution in [0.1, 0.15) is 30.2 Å². The van der Waals surface area contributed by atoms with Crippen LogP contribution in [0.2, 0.25) is 0 Å². The van der Waals surface area contributed by atoms with Crippen LogP contribution in [0.15, 0.2) is 41.8 Å². The predicted octanol–water partition coefficient (Wildman–Crippen LogP) is 3.95. The summed E-state index contributed by atoms with van der Waals surface area (Å²) in [5, 5.41) is 11.3. The van der Waals surface area contributed by atoms with Crippen molar-refractivity contribution in [1.82, 2.24) is 0 Å². The van der Waals surface area contributed by atoms with Crippen molar-refractivity contribution in [3.05, 3.63) is 52.2 Å². The molecule has 2 aromatic rings. The maximum atomic E-state index is 11.4. The van der Waals surface area contributed by atoms with E-state index in [-0.39, 0.29) is 6.10 Å². The van der Waals surface area contributed by atoms with Gasteiger partial charge in [-0.1, -0.05) is 18.2 Å². The van der Waals surface area contributed by atoms with Crippen molar-refractivity contribution in [3.8, 4) is 5.75 Å². The molecule has 4 heteroatoms. The van der Waals surface area contributed by atoms with E-state index in [0.29, 0.717) is 6.42 Å². The first-order chi connectivity index (χ1) is 9.56. The molecule has 0 radical (unpaired) electrons. The van der Waals surface area contributed by atoms with Crippen molar-refractivity contribution in [2.45, 2.75) is 32.3 Å². The van der Waals surface area contributed by atoms with Gasteiger partial charge in [-0.15, -0.1) is 11.3 Å². The van der Waals surface area contributed by atoms with Crippen LogP contribution in [-0.4, -0.2) is 17.2 Å². The number of thiophene rings is 1. The van der Waals surface area contributed by atoms with Crippen molar-refractivity contribution in [2.75, 3.05) is 0 Å². The second-order valence-electron chi connectivity index (χ2n) is 4.92. The van der Waals surface area contributed by atoms with Gasteiger partial charge < -0.3 is 9.84 Å². The number of benzene rings is 1. The molecule has 3 nitrogen and oxygen atoms in total. The first kappa shape index (κ1) is 14.6. The van der Waals surface area contributed by atoms with Gasteiger partial charge in [-0.05, 0) is 49.4 Å². The van der Waals surface area contributed by atoms with E-state index in [1.165, 1.54) is 11.3 Å². The number of carboxylic acid groups (broad SMARTS) is 1. The normalized spacial score (nSPS) is 12.3. The maximum Gasteiger partial charge on any atom is 0.312 e. The molecule has 0 aliphatic heterocycles. The van der Waals surface area contributed by atoms with E-state index in [1.54, 1.807) is 0 Å². The Bertz CT molecular complexity index is 544. The Hall–Kier alpha value is -1.81. The lowest BCUT2D eigenvalue weighted by Crippen LogP contribution is -2.13.